The molecule has 1 aliphatic heterocycles. The van der Waals surface area contributed by atoms with E-state index in [4.69, 9.17) is 14.2 Å². The molecule has 2 aromatic carbocycles. The molecule has 0 spiro atoms. The monoisotopic (exact) mass is 385 g/mol. The maximum absolute atomic E-state index is 11.9. The lowest BCUT2D eigenvalue weighted by Gasteiger charge is -2.10. The first-order valence-corrected chi connectivity index (χ1v) is 9.45. The Kier molecular flexibility index (Phi) is 6.38. The van der Waals surface area contributed by atoms with E-state index in [0.717, 1.165) is 17.1 Å². The summed E-state index contributed by atoms with van der Waals surface area (Å²) in [5, 5.41) is 3.23. The van der Waals surface area contributed by atoms with Crippen molar-refractivity contribution in [1.82, 2.24) is 0 Å². The molecule has 0 aromatic heterocycles. The molecular formula is C20H19NO5S. The van der Waals surface area contributed by atoms with Crippen LogP contribution in [0, 0.1) is 0 Å². The van der Waals surface area contributed by atoms with E-state index in [1.807, 2.05) is 18.2 Å². The normalized spacial score (nSPS) is 13.2. The summed E-state index contributed by atoms with van der Waals surface area (Å²) in [4.78, 5) is 23.6. The number of hydrogen-bond acceptors (Lipinski definition) is 7. The van der Waals surface area contributed by atoms with Gasteiger partial charge in [-0.05, 0) is 36.4 Å². The van der Waals surface area contributed by atoms with Gasteiger partial charge in [0.25, 0.3) is 0 Å². The fourth-order valence-corrected chi connectivity index (χ4v) is 3.50. The Labute approximate surface area is 161 Å². The van der Waals surface area contributed by atoms with Crippen molar-refractivity contribution in [3.63, 3.8) is 0 Å². The highest BCUT2D eigenvalue weighted by Gasteiger charge is 2.22. The zero-order valence-corrected chi connectivity index (χ0v) is 15.6. The quantitative estimate of drug-likeness (QED) is 0.579. The highest BCUT2D eigenvalue weighted by molar-refractivity contribution is 8.00. The summed E-state index contributed by atoms with van der Waals surface area (Å²) in [6, 6.07) is 16.0. The molecule has 2 aromatic rings. The van der Waals surface area contributed by atoms with Crippen LogP contribution in [-0.4, -0.2) is 37.2 Å². The van der Waals surface area contributed by atoms with Crippen molar-refractivity contribution in [3.8, 4) is 11.5 Å². The van der Waals surface area contributed by atoms with E-state index in [2.05, 4.69) is 5.32 Å². The summed E-state index contributed by atoms with van der Waals surface area (Å²) >= 11 is 1.65. The van der Waals surface area contributed by atoms with Crippen LogP contribution in [0.5, 0.6) is 11.5 Å². The molecule has 140 valence electrons. The average Bonchev–Trinajstić information content (AvgIpc) is 3.16. The highest BCUT2D eigenvalue weighted by atomic mass is 32.2. The minimum Gasteiger partial charge on any atom is -0.482 e. The van der Waals surface area contributed by atoms with Crippen molar-refractivity contribution in [2.75, 3.05) is 30.5 Å². The first kappa shape index (κ1) is 18.8. The van der Waals surface area contributed by atoms with Crippen molar-refractivity contribution in [1.29, 1.82) is 0 Å². The molecule has 1 heterocycles. The Morgan fingerprint density at radius 1 is 1.00 bits per heavy atom. The minimum atomic E-state index is -0.484. The number of thioether (sulfide) groups is 1. The number of para-hydroxylation sites is 1. The fraction of sp³-hybridized carbons (Fsp3) is 0.200. The molecule has 0 fully saturated rings. The van der Waals surface area contributed by atoms with Gasteiger partial charge in [-0.3, -0.25) is 0 Å². The van der Waals surface area contributed by atoms with E-state index in [-0.39, 0.29) is 12.6 Å². The molecule has 0 amide bonds. The third kappa shape index (κ3) is 5.27. The van der Waals surface area contributed by atoms with Crippen molar-refractivity contribution in [2.45, 2.75) is 0 Å². The number of carbonyl (C=O) groups is 2. The molecular weight excluding hydrogens is 366 g/mol. The van der Waals surface area contributed by atoms with Gasteiger partial charge in [0.1, 0.15) is 11.5 Å². The lowest BCUT2D eigenvalue weighted by Crippen LogP contribution is -2.17. The van der Waals surface area contributed by atoms with E-state index in [1.165, 1.54) is 7.11 Å². The van der Waals surface area contributed by atoms with E-state index >= 15 is 0 Å². The van der Waals surface area contributed by atoms with Crippen LogP contribution < -0.4 is 14.8 Å². The Hall–Kier alpha value is -2.93. The second-order valence-electron chi connectivity index (χ2n) is 5.67. The molecule has 7 heteroatoms. The third-order valence-corrected chi connectivity index (χ3v) is 4.76. The van der Waals surface area contributed by atoms with Crippen LogP contribution in [0.3, 0.4) is 0 Å². The lowest BCUT2D eigenvalue weighted by molar-refractivity contribution is -0.137. The zero-order valence-electron chi connectivity index (χ0n) is 14.8. The number of esters is 2. The SMILES string of the molecule is COC(=O)C1=C(Nc2ccc(OC(=O)COc3ccccc3)cc2)CSC1. The molecule has 0 saturated carbocycles. The molecule has 0 radical (unpaired) electrons. The summed E-state index contributed by atoms with van der Waals surface area (Å²) in [7, 11) is 1.38. The third-order valence-electron chi connectivity index (χ3n) is 3.77. The summed E-state index contributed by atoms with van der Waals surface area (Å²) in [5.41, 5.74) is 2.29. The Balaban J connectivity index is 1.54. The van der Waals surface area contributed by atoms with Gasteiger partial charge in [-0.15, -0.1) is 0 Å². The average molecular weight is 385 g/mol. The lowest BCUT2D eigenvalue weighted by atomic mass is 10.2. The predicted molar refractivity (Wildman–Crippen MR) is 104 cm³/mol. The van der Waals surface area contributed by atoms with Crippen LogP contribution in [0.4, 0.5) is 5.69 Å². The number of carbonyl (C=O) groups excluding carboxylic acids is 2. The first-order chi connectivity index (χ1) is 13.2. The van der Waals surface area contributed by atoms with E-state index in [0.29, 0.717) is 22.8 Å². The van der Waals surface area contributed by atoms with Gasteiger partial charge in [-0.2, -0.15) is 11.8 Å². The maximum Gasteiger partial charge on any atom is 0.349 e. The fourth-order valence-electron chi connectivity index (χ4n) is 2.45. The molecule has 27 heavy (non-hydrogen) atoms. The summed E-state index contributed by atoms with van der Waals surface area (Å²) in [5.74, 6) is 1.58. The van der Waals surface area contributed by atoms with Crippen LogP contribution in [0.1, 0.15) is 0 Å². The molecule has 3 rings (SSSR count). The van der Waals surface area contributed by atoms with Crippen LogP contribution in [0.15, 0.2) is 65.9 Å². The van der Waals surface area contributed by atoms with Crippen LogP contribution in [-0.2, 0) is 14.3 Å². The van der Waals surface area contributed by atoms with Crippen molar-refractivity contribution in [3.05, 3.63) is 65.9 Å². The summed E-state index contributed by atoms with van der Waals surface area (Å²) in [6.45, 7) is -0.170. The smallest absolute Gasteiger partial charge is 0.349 e. The topological polar surface area (TPSA) is 73.9 Å². The van der Waals surface area contributed by atoms with Crippen molar-refractivity contribution in [2.24, 2.45) is 0 Å². The van der Waals surface area contributed by atoms with Gasteiger partial charge in [0.05, 0.1) is 12.7 Å². The summed E-state index contributed by atoms with van der Waals surface area (Å²) in [6.07, 6.45) is 0. The number of rotatable bonds is 7. The number of anilines is 1. The molecule has 1 N–H and O–H groups in total. The van der Waals surface area contributed by atoms with Gasteiger partial charge in [0.2, 0.25) is 0 Å². The molecule has 0 saturated heterocycles. The molecule has 0 aliphatic carbocycles. The number of benzene rings is 2. The first-order valence-electron chi connectivity index (χ1n) is 8.29. The Bertz CT molecular complexity index is 833. The van der Waals surface area contributed by atoms with Gasteiger partial charge in [0.15, 0.2) is 6.61 Å². The largest absolute Gasteiger partial charge is 0.482 e. The van der Waals surface area contributed by atoms with Crippen molar-refractivity contribution < 1.29 is 23.8 Å². The molecule has 0 atom stereocenters. The van der Waals surface area contributed by atoms with Crippen LogP contribution in [0.25, 0.3) is 0 Å². The minimum absolute atomic E-state index is 0.170. The number of ether oxygens (including phenoxy) is 3. The highest BCUT2D eigenvalue weighted by Crippen LogP contribution is 2.27. The Morgan fingerprint density at radius 3 is 2.44 bits per heavy atom. The van der Waals surface area contributed by atoms with E-state index in [1.54, 1.807) is 48.2 Å². The van der Waals surface area contributed by atoms with Gasteiger partial charge >= 0.3 is 11.9 Å². The predicted octanol–water partition coefficient (Wildman–Crippen LogP) is 3.26. The van der Waals surface area contributed by atoms with Gasteiger partial charge in [-0.1, -0.05) is 18.2 Å². The molecule has 6 nitrogen and oxygen atoms in total. The van der Waals surface area contributed by atoms with Crippen molar-refractivity contribution >= 4 is 29.4 Å². The second kappa shape index (κ2) is 9.14. The standard InChI is InChI=1S/C20H19NO5S/c1-24-20(23)17-12-27-13-18(17)21-14-7-9-16(10-8-14)26-19(22)11-25-15-5-3-2-4-6-15/h2-10,21H,11-13H2,1H3. The zero-order chi connectivity index (χ0) is 19.1. The number of nitrogens with one attached hydrogen (secondary N) is 1. The summed E-state index contributed by atoms with van der Waals surface area (Å²) < 4.78 is 15.4. The molecule has 0 bridgehead atoms. The Morgan fingerprint density at radius 2 is 1.74 bits per heavy atom. The van der Waals surface area contributed by atoms with Crippen LogP contribution >= 0.6 is 11.8 Å². The number of hydrogen-bond donors (Lipinski definition) is 1. The maximum atomic E-state index is 11.9. The number of methoxy groups -OCH3 is 1. The molecule has 0 unspecified atom stereocenters. The van der Waals surface area contributed by atoms with Gasteiger partial charge in [0, 0.05) is 22.9 Å². The van der Waals surface area contributed by atoms with Gasteiger partial charge < -0.3 is 19.5 Å². The second-order valence-corrected chi connectivity index (χ2v) is 6.65. The van der Waals surface area contributed by atoms with E-state index in [9.17, 15) is 9.59 Å². The van der Waals surface area contributed by atoms with E-state index < -0.39 is 5.97 Å². The van der Waals surface area contributed by atoms with Crippen LogP contribution in [0.2, 0.25) is 0 Å². The van der Waals surface area contributed by atoms with Gasteiger partial charge in [-0.25, -0.2) is 9.59 Å². The molecule has 1 aliphatic rings.